The molecule has 4 aliphatic rings. The molecule has 7 atom stereocenters. The van der Waals surface area contributed by atoms with Gasteiger partial charge in [0, 0.05) is 0 Å². The van der Waals surface area contributed by atoms with E-state index in [0.717, 1.165) is 37.5 Å². The summed E-state index contributed by atoms with van der Waals surface area (Å²) < 4.78 is 0. The van der Waals surface area contributed by atoms with E-state index in [2.05, 4.69) is 26.8 Å². The molecule has 2 N–H and O–H groups in total. The van der Waals surface area contributed by atoms with E-state index in [4.69, 9.17) is 0 Å². The van der Waals surface area contributed by atoms with Crippen molar-refractivity contribution in [3.63, 3.8) is 0 Å². The molecule has 0 heterocycles. The summed E-state index contributed by atoms with van der Waals surface area (Å²) in [5.74, 6) is 2.20. The lowest BCUT2D eigenvalue weighted by Crippen LogP contribution is -2.53. The molecule has 3 saturated carbocycles. The number of fused-ring (bicyclic) bond motifs is 5. The highest BCUT2D eigenvalue weighted by Crippen LogP contribution is 2.66. The molecule has 0 bridgehead atoms. The quantitative estimate of drug-likeness (QED) is 0.663. The first-order chi connectivity index (χ1) is 10.3. The first-order valence-corrected chi connectivity index (χ1v) is 9.38. The highest BCUT2D eigenvalue weighted by Gasteiger charge is 2.61. The maximum Gasteiger partial charge on any atom is 0.0675 e. The molecule has 22 heavy (non-hydrogen) atoms. The lowest BCUT2D eigenvalue weighted by atomic mass is 9.47. The maximum absolute atomic E-state index is 10.9. The fourth-order valence-corrected chi connectivity index (χ4v) is 6.89. The van der Waals surface area contributed by atoms with Crippen LogP contribution in [0, 0.1) is 28.6 Å². The Kier molecular flexibility index (Phi) is 3.18. The zero-order valence-electron chi connectivity index (χ0n) is 14.4. The first kappa shape index (κ1) is 15.2. The van der Waals surface area contributed by atoms with Gasteiger partial charge in [0.25, 0.3) is 0 Å². The van der Waals surface area contributed by atoms with Gasteiger partial charge in [0.15, 0.2) is 0 Å². The SMILES string of the molecule is C[C@@]12CC[C@@H](O)CC1=CC[C@H]1[C@H]2CC[C@]2(C)[C@@H]1CC[C@@]2(C)O. The van der Waals surface area contributed by atoms with Crippen molar-refractivity contribution in [1.82, 2.24) is 0 Å². The molecule has 124 valence electrons. The fourth-order valence-electron chi connectivity index (χ4n) is 6.89. The van der Waals surface area contributed by atoms with Crippen LogP contribution in [0.25, 0.3) is 0 Å². The monoisotopic (exact) mass is 304 g/mol. The molecular formula is C20H32O2. The fraction of sp³-hybridized carbons (Fsp3) is 0.900. The third kappa shape index (κ3) is 1.80. The minimum absolute atomic E-state index is 0.114. The Bertz CT molecular complexity index is 508. The van der Waals surface area contributed by atoms with Gasteiger partial charge in [0.2, 0.25) is 0 Å². The van der Waals surface area contributed by atoms with E-state index in [9.17, 15) is 10.2 Å². The third-order valence-corrected chi connectivity index (χ3v) is 8.64. The van der Waals surface area contributed by atoms with Gasteiger partial charge in [-0.05, 0) is 86.9 Å². The van der Waals surface area contributed by atoms with Gasteiger partial charge in [-0.2, -0.15) is 0 Å². The van der Waals surface area contributed by atoms with Crippen molar-refractivity contribution >= 4 is 0 Å². The highest BCUT2D eigenvalue weighted by molar-refractivity contribution is 5.26. The van der Waals surface area contributed by atoms with Crippen LogP contribution in [0.15, 0.2) is 11.6 Å². The number of rotatable bonds is 0. The summed E-state index contributed by atoms with van der Waals surface area (Å²) in [6.07, 6.45) is 11.2. The van der Waals surface area contributed by atoms with Crippen molar-refractivity contribution < 1.29 is 10.2 Å². The van der Waals surface area contributed by atoms with Gasteiger partial charge in [0.05, 0.1) is 11.7 Å². The van der Waals surface area contributed by atoms with Crippen LogP contribution in [0.4, 0.5) is 0 Å². The minimum atomic E-state index is -0.476. The zero-order valence-corrected chi connectivity index (χ0v) is 14.4. The molecule has 2 nitrogen and oxygen atoms in total. The standard InChI is InChI=1S/C20H32O2/c1-18-9-6-14(21)12-13(18)4-5-15-16(18)7-10-19(2)17(15)8-11-20(19,3)22/h4,14-17,21-22H,5-12H2,1-3H3/t14-,15+,16-,17-,18-,19-,20-/m1/s1. The molecule has 3 fully saturated rings. The normalized spacial score (nSPS) is 57.6. The van der Waals surface area contributed by atoms with Gasteiger partial charge >= 0.3 is 0 Å². The Balaban J connectivity index is 1.69. The number of hydrogen-bond acceptors (Lipinski definition) is 2. The van der Waals surface area contributed by atoms with Gasteiger partial charge in [-0.1, -0.05) is 25.5 Å². The number of aliphatic hydroxyl groups is 2. The largest absolute Gasteiger partial charge is 0.393 e. The highest BCUT2D eigenvalue weighted by atomic mass is 16.3. The molecule has 0 aromatic rings. The second-order valence-electron chi connectivity index (χ2n) is 9.42. The number of hydrogen-bond donors (Lipinski definition) is 2. The molecule has 4 rings (SSSR count). The lowest BCUT2D eigenvalue weighted by molar-refractivity contribution is -0.115. The summed E-state index contributed by atoms with van der Waals surface area (Å²) in [6, 6.07) is 0. The van der Waals surface area contributed by atoms with E-state index >= 15 is 0 Å². The first-order valence-electron chi connectivity index (χ1n) is 9.38. The van der Waals surface area contributed by atoms with Crippen LogP contribution in [-0.2, 0) is 0 Å². The molecular weight excluding hydrogens is 272 g/mol. The van der Waals surface area contributed by atoms with Crippen LogP contribution in [0.1, 0.15) is 72.1 Å². The van der Waals surface area contributed by atoms with Crippen LogP contribution in [0.5, 0.6) is 0 Å². The van der Waals surface area contributed by atoms with Crippen LogP contribution in [0.3, 0.4) is 0 Å². The van der Waals surface area contributed by atoms with Crippen LogP contribution in [-0.4, -0.2) is 21.9 Å². The molecule has 0 spiro atoms. The average Bonchev–Trinajstić information content (AvgIpc) is 2.70. The van der Waals surface area contributed by atoms with Crippen molar-refractivity contribution in [2.45, 2.75) is 83.8 Å². The Morgan fingerprint density at radius 2 is 1.73 bits per heavy atom. The van der Waals surface area contributed by atoms with E-state index < -0.39 is 5.60 Å². The topological polar surface area (TPSA) is 40.5 Å². The molecule has 0 aliphatic heterocycles. The zero-order chi connectivity index (χ0) is 15.8. The van der Waals surface area contributed by atoms with Crippen molar-refractivity contribution in [3.05, 3.63) is 11.6 Å². The van der Waals surface area contributed by atoms with Gasteiger partial charge in [-0.15, -0.1) is 0 Å². The molecule has 0 radical (unpaired) electrons. The molecule has 0 amide bonds. The van der Waals surface area contributed by atoms with Crippen molar-refractivity contribution in [1.29, 1.82) is 0 Å². The lowest BCUT2D eigenvalue weighted by Gasteiger charge is -2.58. The van der Waals surface area contributed by atoms with E-state index in [-0.39, 0.29) is 11.5 Å². The summed E-state index contributed by atoms with van der Waals surface area (Å²) in [7, 11) is 0. The average molecular weight is 304 g/mol. The van der Waals surface area contributed by atoms with Gasteiger partial charge in [-0.3, -0.25) is 0 Å². The van der Waals surface area contributed by atoms with E-state index in [1.54, 1.807) is 5.57 Å². The van der Waals surface area contributed by atoms with E-state index in [1.807, 2.05) is 0 Å². The maximum atomic E-state index is 10.9. The molecule has 0 aromatic carbocycles. The number of aliphatic hydroxyl groups excluding tert-OH is 1. The van der Waals surface area contributed by atoms with Gasteiger partial charge in [-0.25, -0.2) is 0 Å². The summed E-state index contributed by atoms with van der Waals surface area (Å²) in [6.45, 7) is 6.90. The Labute approximate surface area is 135 Å². The number of allylic oxidation sites excluding steroid dienone is 1. The Hall–Kier alpha value is -0.340. The predicted molar refractivity (Wildman–Crippen MR) is 88.3 cm³/mol. The molecule has 4 aliphatic carbocycles. The van der Waals surface area contributed by atoms with Gasteiger partial charge in [0.1, 0.15) is 0 Å². The predicted octanol–water partition coefficient (Wildman–Crippen LogP) is 4.06. The summed E-state index contributed by atoms with van der Waals surface area (Å²) in [4.78, 5) is 0. The Morgan fingerprint density at radius 3 is 2.50 bits per heavy atom. The van der Waals surface area contributed by atoms with Crippen molar-refractivity contribution in [2.75, 3.05) is 0 Å². The second-order valence-corrected chi connectivity index (χ2v) is 9.42. The van der Waals surface area contributed by atoms with Crippen molar-refractivity contribution in [3.8, 4) is 0 Å². The van der Waals surface area contributed by atoms with Crippen molar-refractivity contribution in [2.24, 2.45) is 28.6 Å². The molecule has 2 heteroatoms. The summed E-state index contributed by atoms with van der Waals surface area (Å²) in [5.41, 5.74) is 1.50. The third-order valence-electron chi connectivity index (χ3n) is 8.64. The second kappa shape index (κ2) is 4.60. The molecule has 0 aromatic heterocycles. The molecule has 0 saturated heterocycles. The summed E-state index contributed by atoms with van der Waals surface area (Å²) in [5, 5.41) is 21.0. The van der Waals surface area contributed by atoms with E-state index in [0.29, 0.717) is 11.3 Å². The van der Waals surface area contributed by atoms with Crippen LogP contribution in [0.2, 0.25) is 0 Å². The van der Waals surface area contributed by atoms with Crippen LogP contribution < -0.4 is 0 Å². The molecule has 0 unspecified atom stereocenters. The Morgan fingerprint density at radius 1 is 1.00 bits per heavy atom. The van der Waals surface area contributed by atoms with Crippen LogP contribution >= 0.6 is 0 Å². The van der Waals surface area contributed by atoms with E-state index in [1.165, 1.54) is 25.7 Å². The minimum Gasteiger partial charge on any atom is -0.393 e. The summed E-state index contributed by atoms with van der Waals surface area (Å²) >= 11 is 0. The smallest absolute Gasteiger partial charge is 0.0675 e. The van der Waals surface area contributed by atoms with Gasteiger partial charge < -0.3 is 10.2 Å².